The third kappa shape index (κ3) is 5.00. The molecule has 0 saturated carbocycles. The predicted molar refractivity (Wildman–Crippen MR) is 117 cm³/mol. The van der Waals surface area contributed by atoms with E-state index in [0.29, 0.717) is 5.69 Å². The summed E-state index contributed by atoms with van der Waals surface area (Å²) in [6.45, 7) is 1.46. The van der Waals surface area contributed by atoms with Gasteiger partial charge in [-0.25, -0.2) is 9.48 Å². The smallest absolute Gasteiger partial charge is 0.407 e. The molecule has 0 unspecified atom stereocenters. The van der Waals surface area contributed by atoms with Crippen molar-refractivity contribution in [1.82, 2.24) is 25.6 Å². The molecule has 1 aliphatic rings. The molecular formula is C23H23N5O5. The highest BCUT2D eigenvalue weighted by Crippen LogP contribution is 2.44. The van der Waals surface area contributed by atoms with Crippen molar-refractivity contribution in [3.05, 3.63) is 71.5 Å². The minimum atomic E-state index is -1.13. The van der Waals surface area contributed by atoms with Crippen molar-refractivity contribution < 1.29 is 24.2 Å². The molecule has 4 rings (SSSR count). The molecule has 10 nitrogen and oxygen atoms in total. The maximum atomic E-state index is 12.3. The van der Waals surface area contributed by atoms with Crippen LogP contribution in [0.2, 0.25) is 0 Å². The molecule has 1 aromatic heterocycles. The van der Waals surface area contributed by atoms with Gasteiger partial charge in [-0.3, -0.25) is 9.59 Å². The van der Waals surface area contributed by atoms with E-state index in [1.54, 1.807) is 0 Å². The molecule has 2 amide bonds. The molecule has 0 spiro atoms. The van der Waals surface area contributed by atoms with Crippen LogP contribution in [0.15, 0.2) is 54.7 Å². The Balaban J connectivity index is 1.28. The number of rotatable bonds is 8. The van der Waals surface area contributed by atoms with Gasteiger partial charge in [-0.15, -0.1) is 5.10 Å². The Hall–Kier alpha value is -4.21. The maximum absolute atomic E-state index is 12.3. The van der Waals surface area contributed by atoms with Crippen molar-refractivity contribution in [1.29, 1.82) is 0 Å². The minimum Gasteiger partial charge on any atom is -0.480 e. The molecule has 0 saturated heterocycles. The lowest BCUT2D eigenvalue weighted by atomic mass is 9.98. The number of ether oxygens (including phenoxy) is 1. The van der Waals surface area contributed by atoms with Crippen molar-refractivity contribution >= 4 is 18.0 Å². The summed E-state index contributed by atoms with van der Waals surface area (Å²) in [5, 5.41) is 21.5. The number of hydrogen-bond acceptors (Lipinski definition) is 6. The molecule has 1 atom stereocenters. The second kappa shape index (κ2) is 9.51. The fraction of sp³-hybridized carbons (Fsp3) is 0.261. The van der Waals surface area contributed by atoms with Gasteiger partial charge in [0.15, 0.2) is 0 Å². The van der Waals surface area contributed by atoms with E-state index in [9.17, 15) is 14.4 Å². The van der Waals surface area contributed by atoms with Gasteiger partial charge < -0.3 is 20.5 Å². The Morgan fingerprint density at radius 3 is 2.36 bits per heavy atom. The van der Waals surface area contributed by atoms with E-state index in [4.69, 9.17) is 9.84 Å². The van der Waals surface area contributed by atoms with Crippen LogP contribution < -0.4 is 10.6 Å². The summed E-state index contributed by atoms with van der Waals surface area (Å²) < 4.78 is 6.74. The Labute approximate surface area is 189 Å². The van der Waals surface area contributed by atoms with Crippen molar-refractivity contribution in [2.45, 2.75) is 32.0 Å². The van der Waals surface area contributed by atoms with Gasteiger partial charge in [0.2, 0.25) is 5.91 Å². The molecule has 1 heterocycles. The monoisotopic (exact) mass is 449 g/mol. The van der Waals surface area contributed by atoms with Crippen LogP contribution in [-0.4, -0.2) is 50.7 Å². The number of fused-ring (bicyclic) bond motifs is 3. The molecule has 3 aromatic rings. The Morgan fingerprint density at radius 1 is 1.09 bits per heavy atom. The summed E-state index contributed by atoms with van der Waals surface area (Å²) in [4.78, 5) is 34.9. The molecule has 1 aliphatic carbocycles. The first-order valence-corrected chi connectivity index (χ1v) is 10.4. The molecule has 0 radical (unpaired) electrons. The summed E-state index contributed by atoms with van der Waals surface area (Å²) in [6, 6.07) is 15.2. The molecule has 0 aliphatic heterocycles. The first kappa shape index (κ1) is 22.0. The quantitative estimate of drug-likeness (QED) is 0.478. The normalized spacial score (nSPS) is 13.0. The number of amides is 2. The zero-order valence-corrected chi connectivity index (χ0v) is 17.9. The number of aromatic nitrogens is 3. The van der Waals surface area contributed by atoms with E-state index in [1.807, 2.05) is 36.4 Å². The molecule has 170 valence electrons. The van der Waals surface area contributed by atoms with Crippen molar-refractivity contribution in [3.8, 4) is 11.1 Å². The number of carboxylic acids is 1. The number of benzene rings is 2. The van der Waals surface area contributed by atoms with Crippen LogP contribution in [0.25, 0.3) is 11.1 Å². The van der Waals surface area contributed by atoms with Crippen LogP contribution in [-0.2, 0) is 27.4 Å². The highest BCUT2D eigenvalue weighted by molar-refractivity contribution is 5.83. The number of hydrogen-bond donors (Lipinski definition) is 3. The fourth-order valence-electron chi connectivity index (χ4n) is 3.80. The first-order chi connectivity index (χ1) is 15.9. The topological polar surface area (TPSA) is 135 Å². The Bertz CT molecular complexity index is 1150. The van der Waals surface area contributed by atoms with Crippen LogP contribution in [0.3, 0.4) is 0 Å². The lowest BCUT2D eigenvalue weighted by Gasteiger charge is -2.14. The number of nitrogens with one attached hydrogen (secondary N) is 2. The van der Waals surface area contributed by atoms with E-state index in [-0.39, 0.29) is 25.6 Å². The third-order valence-corrected chi connectivity index (χ3v) is 5.40. The van der Waals surface area contributed by atoms with Gasteiger partial charge in [-0.1, -0.05) is 53.7 Å². The average Bonchev–Trinajstić information content (AvgIpc) is 3.38. The maximum Gasteiger partial charge on any atom is 0.407 e. The molecule has 0 fully saturated rings. The molecule has 2 aromatic carbocycles. The van der Waals surface area contributed by atoms with Crippen molar-refractivity contribution in [3.63, 3.8) is 0 Å². The average molecular weight is 449 g/mol. The largest absolute Gasteiger partial charge is 0.480 e. The zero-order valence-electron chi connectivity index (χ0n) is 17.9. The van der Waals surface area contributed by atoms with Gasteiger partial charge in [0, 0.05) is 5.92 Å². The van der Waals surface area contributed by atoms with Crippen LogP contribution in [0.1, 0.15) is 29.7 Å². The van der Waals surface area contributed by atoms with Gasteiger partial charge in [-0.2, -0.15) is 0 Å². The van der Waals surface area contributed by atoms with Crippen molar-refractivity contribution in [2.24, 2.45) is 0 Å². The fourth-order valence-corrected chi connectivity index (χ4v) is 3.80. The summed E-state index contributed by atoms with van der Waals surface area (Å²) in [5.41, 5.74) is 5.00. The van der Waals surface area contributed by atoms with Crippen LogP contribution in [0, 0.1) is 0 Å². The number of nitrogens with zero attached hydrogens (tertiary/aromatic N) is 3. The van der Waals surface area contributed by atoms with Gasteiger partial charge in [-0.05, 0) is 29.2 Å². The van der Waals surface area contributed by atoms with E-state index in [1.165, 1.54) is 17.8 Å². The number of alkyl carbamates (subject to hydrolysis) is 1. The predicted octanol–water partition coefficient (Wildman–Crippen LogP) is 1.91. The van der Waals surface area contributed by atoms with E-state index in [0.717, 1.165) is 22.3 Å². The number of carbonyl (C=O) groups is 3. The molecule has 3 N–H and O–H groups in total. The van der Waals surface area contributed by atoms with Crippen LogP contribution in [0.5, 0.6) is 0 Å². The Morgan fingerprint density at radius 2 is 1.73 bits per heavy atom. The van der Waals surface area contributed by atoms with Crippen LogP contribution >= 0.6 is 0 Å². The molecule has 0 bridgehead atoms. The molecular weight excluding hydrogens is 426 g/mol. The second-order valence-corrected chi connectivity index (χ2v) is 7.71. The standard InChI is InChI=1S/C23H23N5O5/c1-14(22(30)31)25-21(29)12-28-11-15(26-27-28)10-24-23(32)33-13-20-18-8-4-2-6-16(18)17-7-3-5-9-19(17)20/h2-9,11,14,20H,10,12-13H2,1H3,(H,24,32)(H,25,29)(H,30,31)/t14-/m1/s1. The van der Waals surface area contributed by atoms with E-state index in [2.05, 4.69) is 33.1 Å². The summed E-state index contributed by atoms with van der Waals surface area (Å²) in [5.74, 6) is -1.67. The number of carboxylic acid groups (broad SMARTS) is 1. The zero-order chi connectivity index (χ0) is 23.4. The molecule has 33 heavy (non-hydrogen) atoms. The van der Waals surface area contributed by atoms with Crippen LogP contribution in [0.4, 0.5) is 4.79 Å². The highest BCUT2D eigenvalue weighted by Gasteiger charge is 2.29. The Kier molecular flexibility index (Phi) is 6.34. The highest BCUT2D eigenvalue weighted by atomic mass is 16.5. The second-order valence-electron chi connectivity index (χ2n) is 7.71. The third-order valence-electron chi connectivity index (χ3n) is 5.40. The van der Waals surface area contributed by atoms with E-state index < -0.39 is 24.0 Å². The van der Waals surface area contributed by atoms with Gasteiger partial charge >= 0.3 is 12.1 Å². The molecule has 10 heteroatoms. The van der Waals surface area contributed by atoms with Gasteiger partial charge in [0.25, 0.3) is 0 Å². The summed E-state index contributed by atoms with van der Waals surface area (Å²) >= 11 is 0. The summed E-state index contributed by atoms with van der Waals surface area (Å²) in [7, 11) is 0. The summed E-state index contributed by atoms with van der Waals surface area (Å²) in [6.07, 6.45) is 0.911. The minimum absolute atomic E-state index is 0.0317. The number of carbonyl (C=O) groups excluding carboxylic acids is 2. The lowest BCUT2D eigenvalue weighted by Crippen LogP contribution is -2.40. The number of aliphatic carboxylic acids is 1. The lowest BCUT2D eigenvalue weighted by molar-refractivity contribution is -0.141. The van der Waals surface area contributed by atoms with Gasteiger partial charge in [0.1, 0.15) is 24.9 Å². The van der Waals surface area contributed by atoms with Crippen molar-refractivity contribution in [2.75, 3.05) is 6.61 Å². The van der Waals surface area contributed by atoms with E-state index >= 15 is 0 Å². The van der Waals surface area contributed by atoms with Gasteiger partial charge in [0.05, 0.1) is 12.7 Å². The SMILES string of the molecule is C[C@@H](NC(=O)Cn1cc(CNC(=O)OCC2c3ccccc3-c3ccccc32)nn1)C(=O)O. The first-order valence-electron chi connectivity index (χ1n) is 10.4.